The molecule has 2 nitrogen and oxygen atoms in total. The zero-order valence-corrected chi connectivity index (χ0v) is 8.13. The van der Waals surface area contributed by atoms with E-state index in [1.165, 1.54) is 10.6 Å². The molecule has 0 aliphatic carbocycles. The molecule has 0 unspecified atom stereocenters. The maximum atomic E-state index is 3.42. The first-order chi connectivity index (χ1) is 5.36. The molecule has 2 N–H and O–H groups in total. The van der Waals surface area contributed by atoms with Crippen LogP contribution in [-0.2, 0) is 0 Å². The van der Waals surface area contributed by atoms with Gasteiger partial charge in [-0.1, -0.05) is 15.9 Å². The Morgan fingerprint density at radius 1 is 1.45 bits per heavy atom. The quantitative estimate of drug-likeness (QED) is 0.670. The predicted molar refractivity (Wildman–Crippen MR) is 51.6 cm³/mol. The Morgan fingerprint density at radius 3 is 3.27 bits per heavy atom. The van der Waals surface area contributed by atoms with Gasteiger partial charge in [0.05, 0.1) is 12.4 Å². The molecule has 2 rings (SSSR count). The van der Waals surface area contributed by atoms with E-state index in [-0.39, 0.29) is 0 Å². The van der Waals surface area contributed by atoms with Crippen molar-refractivity contribution in [3.05, 3.63) is 22.7 Å². The second kappa shape index (κ2) is 3.05. The van der Waals surface area contributed by atoms with Crippen molar-refractivity contribution in [1.82, 2.24) is 4.72 Å². The summed E-state index contributed by atoms with van der Waals surface area (Å²) in [5.41, 5.74) is 1.21. The molecule has 1 aliphatic rings. The molecule has 0 saturated heterocycles. The fourth-order valence-electron chi connectivity index (χ4n) is 0.972. The van der Waals surface area contributed by atoms with Gasteiger partial charge in [-0.2, -0.15) is 0 Å². The fraction of sp³-hybridized carbons (Fsp3) is 0.143. The summed E-state index contributed by atoms with van der Waals surface area (Å²) in [5, 5.41) is 3.24. The van der Waals surface area contributed by atoms with Gasteiger partial charge in [0.2, 0.25) is 0 Å². The largest absolute Gasteiger partial charge is 0.371 e. The second-order valence-electron chi connectivity index (χ2n) is 2.24. The van der Waals surface area contributed by atoms with Crippen molar-refractivity contribution in [1.29, 1.82) is 0 Å². The van der Waals surface area contributed by atoms with Crippen molar-refractivity contribution in [3.63, 3.8) is 0 Å². The van der Waals surface area contributed by atoms with Crippen molar-refractivity contribution in [3.8, 4) is 0 Å². The molecule has 1 aromatic rings. The standard InChI is InChI=1S/C7H7BrN2S/c8-5-1-2-6-7(3-5)11-10-4-9-6/h1-3,9-10H,4H2. The zero-order valence-electron chi connectivity index (χ0n) is 5.73. The van der Waals surface area contributed by atoms with Crippen molar-refractivity contribution >= 4 is 33.6 Å². The van der Waals surface area contributed by atoms with Gasteiger partial charge in [-0.05, 0) is 30.1 Å². The summed E-state index contributed by atoms with van der Waals surface area (Å²) >= 11 is 5.08. The average Bonchev–Trinajstić information content (AvgIpc) is 2.04. The number of hydrogen-bond acceptors (Lipinski definition) is 3. The summed E-state index contributed by atoms with van der Waals surface area (Å²) < 4.78 is 4.27. The van der Waals surface area contributed by atoms with Gasteiger partial charge >= 0.3 is 0 Å². The van der Waals surface area contributed by atoms with E-state index < -0.39 is 0 Å². The summed E-state index contributed by atoms with van der Waals surface area (Å²) in [6, 6.07) is 6.21. The summed E-state index contributed by atoms with van der Waals surface area (Å²) in [7, 11) is 0. The van der Waals surface area contributed by atoms with Gasteiger partial charge in [0.25, 0.3) is 0 Å². The van der Waals surface area contributed by atoms with Crippen LogP contribution in [0.1, 0.15) is 0 Å². The predicted octanol–water partition coefficient (Wildman–Crippen LogP) is 2.43. The van der Waals surface area contributed by atoms with E-state index >= 15 is 0 Å². The highest BCUT2D eigenvalue weighted by atomic mass is 79.9. The number of halogens is 1. The molecule has 1 aliphatic heterocycles. The van der Waals surface area contributed by atoms with Gasteiger partial charge in [-0.15, -0.1) is 0 Å². The van der Waals surface area contributed by atoms with Crippen LogP contribution in [0.2, 0.25) is 0 Å². The Bertz CT molecular complexity index is 277. The molecule has 1 heterocycles. The molecule has 11 heavy (non-hydrogen) atoms. The van der Waals surface area contributed by atoms with Crippen LogP contribution in [0.4, 0.5) is 5.69 Å². The lowest BCUT2D eigenvalue weighted by atomic mass is 10.3. The number of rotatable bonds is 0. The smallest absolute Gasteiger partial charge is 0.0750 e. The lowest BCUT2D eigenvalue weighted by molar-refractivity contribution is 1.01. The van der Waals surface area contributed by atoms with Crippen LogP contribution in [0.25, 0.3) is 0 Å². The molecule has 0 aromatic heterocycles. The van der Waals surface area contributed by atoms with Crippen molar-refractivity contribution < 1.29 is 0 Å². The molecule has 4 heteroatoms. The third kappa shape index (κ3) is 1.52. The number of benzene rings is 1. The second-order valence-corrected chi connectivity index (χ2v) is 4.09. The molecule has 0 saturated carbocycles. The lowest BCUT2D eigenvalue weighted by Crippen LogP contribution is -2.19. The van der Waals surface area contributed by atoms with Gasteiger partial charge < -0.3 is 5.32 Å². The first-order valence-corrected chi connectivity index (χ1v) is 4.90. The Balaban J connectivity index is 2.43. The molecule has 58 valence electrons. The molecule has 0 fully saturated rings. The van der Waals surface area contributed by atoms with E-state index in [4.69, 9.17) is 0 Å². The minimum Gasteiger partial charge on any atom is -0.371 e. The van der Waals surface area contributed by atoms with E-state index in [1.807, 2.05) is 6.07 Å². The summed E-state index contributed by atoms with van der Waals surface area (Å²) in [5.74, 6) is 0. The van der Waals surface area contributed by atoms with Crippen LogP contribution in [0.15, 0.2) is 27.6 Å². The summed E-state index contributed by atoms with van der Waals surface area (Å²) in [4.78, 5) is 1.24. The highest BCUT2D eigenvalue weighted by molar-refractivity contribution is 9.10. The topological polar surface area (TPSA) is 24.1 Å². The lowest BCUT2D eigenvalue weighted by Gasteiger charge is -2.17. The minimum absolute atomic E-state index is 0.833. The van der Waals surface area contributed by atoms with Crippen LogP contribution in [0.3, 0.4) is 0 Å². The maximum Gasteiger partial charge on any atom is 0.0750 e. The van der Waals surface area contributed by atoms with Gasteiger partial charge in [0.15, 0.2) is 0 Å². The molecule has 1 aromatic carbocycles. The van der Waals surface area contributed by atoms with Crippen molar-refractivity contribution in [2.45, 2.75) is 4.90 Å². The van der Waals surface area contributed by atoms with Gasteiger partial charge in [-0.3, -0.25) is 0 Å². The molecular formula is C7H7BrN2S. The van der Waals surface area contributed by atoms with Gasteiger partial charge in [0, 0.05) is 9.37 Å². The number of nitrogens with one attached hydrogen (secondary N) is 2. The summed E-state index contributed by atoms with van der Waals surface area (Å²) in [6.45, 7) is 0.833. The van der Waals surface area contributed by atoms with E-state index in [1.54, 1.807) is 11.9 Å². The Kier molecular flexibility index (Phi) is 2.07. The van der Waals surface area contributed by atoms with Crippen LogP contribution < -0.4 is 10.0 Å². The highest BCUT2D eigenvalue weighted by Crippen LogP contribution is 2.30. The third-order valence-electron chi connectivity index (χ3n) is 1.48. The number of anilines is 1. The number of fused-ring (bicyclic) bond motifs is 1. The Hall–Kier alpha value is -0.190. The molecular weight excluding hydrogens is 224 g/mol. The first-order valence-electron chi connectivity index (χ1n) is 3.29. The SMILES string of the molecule is Brc1ccc2c(c1)SNCN2. The highest BCUT2D eigenvalue weighted by Gasteiger charge is 2.07. The van der Waals surface area contributed by atoms with Crippen LogP contribution >= 0.6 is 27.9 Å². The van der Waals surface area contributed by atoms with E-state index in [9.17, 15) is 0 Å². The van der Waals surface area contributed by atoms with Crippen LogP contribution in [0, 0.1) is 0 Å². The molecule has 0 spiro atoms. The maximum absolute atomic E-state index is 3.42. The van der Waals surface area contributed by atoms with Crippen molar-refractivity contribution in [2.75, 3.05) is 12.0 Å². The monoisotopic (exact) mass is 230 g/mol. The summed E-state index contributed by atoms with van der Waals surface area (Å²) in [6.07, 6.45) is 0. The Labute approximate surface area is 78.0 Å². The van der Waals surface area contributed by atoms with E-state index in [0.717, 1.165) is 11.1 Å². The minimum atomic E-state index is 0.833. The fourth-order valence-corrected chi connectivity index (χ4v) is 2.22. The van der Waals surface area contributed by atoms with Gasteiger partial charge in [-0.25, -0.2) is 4.72 Å². The molecule has 0 bridgehead atoms. The normalized spacial score (nSPS) is 15.4. The molecule has 0 atom stereocenters. The molecule has 0 amide bonds. The van der Waals surface area contributed by atoms with E-state index in [0.29, 0.717) is 0 Å². The third-order valence-corrected chi connectivity index (χ3v) is 2.82. The zero-order chi connectivity index (χ0) is 7.68. The average molecular weight is 231 g/mol. The van der Waals surface area contributed by atoms with E-state index in [2.05, 4.69) is 38.1 Å². The molecule has 0 radical (unpaired) electrons. The first kappa shape index (κ1) is 7.46. The number of hydrogen-bond donors (Lipinski definition) is 2. The van der Waals surface area contributed by atoms with Crippen LogP contribution in [0.5, 0.6) is 0 Å². The Morgan fingerprint density at radius 2 is 2.36 bits per heavy atom. The van der Waals surface area contributed by atoms with Crippen LogP contribution in [-0.4, -0.2) is 6.67 Å². The van der Waals surface area contributed by atoms with Gasteiger partial charge in [0.1, 0.15) is 0 Å². The van der Waals surface area contributed by atoms with Crippen molar-refractivity contribution in [2.24, 2.45) is 0 Å².